The van der Waals surface area contributed by atoms with Gasteiger partial charge in [-0.2, -0.15) is 5.26 Å². The molecule has 1 amide bonds. The van der Waals surface area contributed by atoms with Crippen LogP contribution in [0.25, 0.3) is 10.9 Å². The molecule has 6 heteroatoms. The van der Waals surface area contributed by atoms with Crippen LogP contribution < -0.4 is 0 Å². The number of rotatable bonds is 5. The number of nitriles is 1. The number of benzene rings is 2. The maximum Gasteiger partial charge on any atom is 0.272 e. The molecule has 0 aliphatic carbocycles. The lowest BCUT2D eigenvalue weighted by Gasteiger charge is -2.21. The Morgan fingerprint density at radius 2 is 1.96 bits per heavy atom. The third-order valence-corrected chi connectivity index (χ3v) is 4.63. The molecule has 0 saturated heterocycles. The summed E-state index contributed by atoms with van der Waals surface area (Å²) in [5.41, 5.74) is 2.56. The average Bonchev–Trinajstić information content (AvgIpc) is 2.97. The molecule has 4 nitrogen and oxygen atoms in total. The Morgan fingerprint density at radius 1 is 1.23 bits per heavy atom. The van der Waals surface area contributed by atoms with Crippen molar-refractivity contribution < 1.29 is 4.79 Å². The number of aromatic amines is 1. The minimum atomic E-state index is -0.230. The second kappa shape index (κ2) is 7.65. The predicted molar refractivity (Wildman–Crippen MR) is 104 cm³/mol. The molecule has 1 N–H and O–H groups in total. The van der Waals surface area contributed by atoms with E-state index in [1.54, 1.807) is 41.3 Å². The van der Waals surface area contributed by atoms with Crippen LogP contribution in [0.1, 0.15) is 21.6 Å². The van der Waals surface area contributed by atoms with E-state index >= 15 is 0 Å². The van der Waals surface area contributed by atoms with Gasteiger partial charge in [0.1, 0.15) is 5.69 Å². The van der Waals surface area contributed by atoms with Crippen molar-refractivity contribution in [2.75, 3.05) is 6.54 Å². The molecule has 1 heterocycles. The van der Waals surface area contributed by atoms with E-state index in [-0.39, 0.29) is 5.91 Å². The zero-order valence-corrected chi connectivity index (χ0v) is 15.3. The lowest BCUT2D eigenvalue weighted by atomic mass is 10.1. The van der Waals surface area contributed by atoms with E-state index in [4.69, 9.17) is 28.5 Å². The molecule has 0 unspecified atom stereocenters. The Balaban J connectivity index is 1.92. The smallest absolute Gasteiger partial charge is 0.272 e. The summed E-state index contributed by atoms with van der Waals surface area (Å²) in [7, 11) is 0. The molecule has 130 valence electrons. The molecule has 0 fully saturated rings. The maximum absolute atomic E-state index is 13.0. The predicted octanol–water partition coefficient (Wildman–Crippen LogP) is 5.17. The van der Waals surface area contributed by atoms with Crippen molar-refractivity contribution in [1.29, 1.82) is 5.26 Å². The maximum atomic E-state index is 13.0. The van der Waals surface area contributed by atoms with E-state index in [1.165, 1.54) is 0 Å². The van der Waals surface area contributed by atoms with Crippen LogP contribution in [0.2, 0.25) is 10.0 Å². The number of hydrogen-bond acceptors (Lipinski definition) is 2. The Bertz CT molecular complexity index is 1020. The van der Waals surface area contributed by atoms with E-state index in [9.17, 15) is 4.79 Å². The number of nitrogens with one attached hydrogen (secondary N) is 1. The van der Waals surface area contributed by atoms with Gasteiger partial charge in [0.25, 0.3) is 5.91 Å². The van der Waals surface area contributed by atoms with Gasteiger partial charge in [-0.25, -0.2) is 0 Å². The van der Waals surface area contributed by atoms with Crippen molar-refractivity contribution in [3.05, 3.63) is 82.0 Å². The van der Waals surface area contributed by atoms with Gasteiger partial charge in [-0.1, -0.05) is 41.4 Å². The number of nitrogens with zero attached hydrogens (tertiary/aromatic N) is 2. The fourth-order valence-electron chi connectivity index (χ4n) is 2.72. The van der Waals surface area contributed by atoms with Crippen LogP contribution in [-0.2, 0) is 6.54 Å². The van der Waals surface area contributed by atoms with Crippen molar-refractivity contribution in [3.8, 4) is 6.07 Å². The minimum absolute atomic E-state index is 0.230. The highest BCUT2D eigenvalue weighted by Gasteiger charge is 2.22. The number of H-pyrrole nitrogens is 1. The summed E-state index contributed by atoms with van der Waals surface area (Å²) in [5, 5.41) is 10.5. The zero-order valence-electron chi connectivity index (χ0n) is 13.8. The summed E-state index contributed by atoms with van der Waals surface area (Å²) in [6.45, 7) is 4.47. The molecule has 1 aromatic heterocycles. The van der Waals surface area contributed by atoms with Gasteiger partial charge in [-0.15, -0.1) is 6.58 Å². The summed E-state index contributed by atoms with van der Waals surface area (Å²) in [5.74, 6) is -0.230. The SMILES string of the molecule is C=CCN(Cc1ccc(C#N)cc1)C(=O)c1[nH]c2ccc(Cl)cc2c1Cl. The van der Waals surface area contributed by atoms with Crippen molar-refractivity contribution in [1.82, 2.24) is 9.88 Å². The van der Waals surface area contributed by atoms with E-state index in [2.05, 4.69) is 17.6 Å². The number of aromatic nitrogens is 1. The van der Waals surface area contributed by atoms with Crippen molar-refractivity contribution >= 4 is 40.0 Å². The first-order valence-corrected chi connectivity index (χ1v) is 8.65. The topological polar surface area (TPSA) is 59.9 Å². The van der Waals surface area contributed by atoms with Gasteiger partial charge in [-0.05, 0) is 35.9 Å². The Labute approximate surface area is 161 Å². The first-order valence-electron chi connectivity index (χ1n) is 7.89. The van der Waals surface area contributed by atoms with Crippen LogP contribution in [0.5, 0.6) is 0 Å². The van der Waals surface area contributed by atoms with E-state index in [1.807, 2.05) is 12.1 Å². The van der Waals surface area contributed by atoms with Gasteiger partial charge in [0.15, 0.2) is 0 Å². The van der Waals surface area contributed by atoms with Crippen LogP contribution in [0, 0.1) is 11.3 Å². The summed E-state index contributed by atoms with van der Waals surface area (Å²) in [6.07, 6.45) is 1.66. The van der Waals surface area contributed by atoms with Gasteiger partial charge < -0.3 is 9.88 Å². The molecular formula is C20H15Cl2N3O. The largest absolute Gasteiger partial charge is 0.349 e. The highest BCUT2D eigenvalue weighted by atomic mass is 35.5. The van der Waals surface area contributed by atoms with E-state index < -0.39 is 0 Å². The number of fused-ring (bicyclic) bond motifs is 1. The summed E-state index contributed by atoms with van der Waals surface area (Å²) in [4.78, 5) is 17.7. The summed E-state index contributed by atoms with van der Waals surface area (Å²) >= 11 is 12.4. The molecule has 2 aromatic carbocycles. The van der Waals surface area contributed by atoms with Crippen molar-refractivity contribution in [2.24, 2.45) is 0 Å². The Hall–Kier alpha value is -2.74. The normalized spacial score (nSPS) is 10.5. The average molecular weight is 384 g/mol. The third-order valence-electron chi connectivity index (χ3n) is 4.00. The van der Waals surface area contributed by atoms with Gasteiger partial charge in [-0.3, -0.25) is 4.79 Å². The fourth-order valence-corrected chi connectivity index (χ4v) is 3.17. The first kappa shape index (κ1) is 18.1. The lowest BCUT2D eigenvalue weighted by molar-refractivity contribution is 0.0758. The van der Waals surface area contributed by atoms with Crippen LogP contribution in [0.4, 0.5) is 0 Å². The first-order chi connectivity index (χ1) is 12.5. The molecular weight excluding hydrogens is 369 g/mol. The molecule has 0 spiro atoms. The molecule has 0 saturated carbocycles. The standard InChI is InChI=1S/C20H15Cl2N3O/c1-2-9-25(12-14-5-3-13(11-23)4-6-14)20(26)19-18(22)16-10-15(21)7-8-17(16)24-19/h2-8,10,24H,1,9,12H2. The molecule has 0 aliphatic rings. The molecule has 0 radical (unpaired) electrons. The number of carbonyl (C=O) groups is 1. The molecule has 0 bridgehead atoms. The number of amides is 1. The second-order valence-corrected chi connectivity index (χ2v) is 6.60. The molecule has 3 rings (SSSR count). The van der Waals surface area contributed by atoms with Crippen LogP contribution >= 0.6 is 23.2 Å². The highest BCUT2D eigenvalue weighted by molar-refractivity contribution is 6.39. The van der Waals surface area contributed by atoms with Gasteiger partial charge in [0.05, 0.1) is 16.7 Å². The van der Waals surface area contributed by atoms with E-state index in [0.717, 1.165) is 11.1 Å². The molecule has 26 heavy (non-hydrogen) atoms. The number of hydrogen-bond donors (Lipinski definition) is 1. The fraction of sp³-hybridized carbons (Fsp3) is 0.100. The molecule has 0 aliphatic heterocycles. The zero-order chi connectivity index (χ0) is 18.7. The van der Waals surface area contributed by atoms with Crippen molar-refractivity contribution in [2.45, 2.75) is 6.54 Å². The van der Waals surface area contributed by atoms with Gasteiger partial charge >= 0.3 is 0 Å². The minimum Gasteiger partial charge on any atom is -0.349 e. The van der Waals surface area contributed by atoms with Gasteiger partial charge in [0, 0.05) is 29.0 Å². The summed E-state index contributed by atoms with van der Waals surface area (Å²) < 4.78 is 0. The number of halogens is 2. The Kier molecular flexibility index (Phi) is 5.32. The Morgan fingerprint density at radius 3 is 2.62 bits per heavy atom. The van der Waals surface area contributed by atoms with Crippen LogP contribution in [0.15, 0.2) is 55.1 Å². The third kappa shape index (κ3) is 3.60. The molecule has 3 aromatic rings. The van der Waals surface area contributed by atoms with Crippen molar-refractivity contribution in [3.63, 3.8) is 0 Å². The van der Waals surface area contributed by atoms with E-state index in [0.29, 0.717) is 39.8 Å². The van der Waals surface area contributed by atoms with Crippen LogP contribution in [-0.4, -0.2) is 22.3 Å². The monoisotopic (exact) mass is 383 g/mol. The summed E-state index contributed by atoms with van der Waals surface area (Å²) in [6, 6.07) is 14.4. The quantitative estimate of drug-likeness (QED) is 0.617. The van der Waals surface area contributed by atoms with Gasteiger partial charge in [0.2, 0.25) is 0 Å². The second-order valence-electron chi connectivity index (χ2n) is 5.79. The molecule has 0 atom stereocenters. The lowest BCUT2D eigenvalue weighted by Crippen LogP contribution is -2.31. The number of carbonyl (C=O) groups excluding carboxylic acids is 1. The highest BCUT2D eigenvalue weighted by Crippen LogP contribution is 2.30. The van der Waals surface area contributed by atoms with Crippen LogP contribution in [0.3, 0.4) is 0 Å².